The highest BCUT2D eigenvalue weighted by Crippen LogP contribution is 2.39. The van der Waals surface area contributed by atoms with Gasteiger partial charge < -0.3 is 0 Å². The number of amides is 1. The first-order chi connectivity index (χ1) is 12.9. The number of hydrogen-bond acceptors (Lipinski definition) is 5. The van der Waals surface area contributed by atoms with Crippen molar-refractivity contribution in [1.82, 2.24) is 0 Å². The summed E-state index contributed by atoms with van der Waals surface area (Å²) in [5.74, 6) is -1.99. The van der Waals surface area contributed by atoms with Gasteiger partial charge in [-0.25, -0.2) is 13.2 Å². The predicted molar refractivity (Wildman–Crippen MR) is 104 cm³/mol. The summed E-state index contributed by atoms with van der Waals surface area (Å²) < 4.78 is 40.8. The largest absolute Gasteiger partial charge is 0.294 e. The third-order valence-corrected chi connectivity index (χ3v) is 6.09. The second-order valence-corrected chi connectivity index (χ2v) is 7.57. The zero-order valence-electron chi connectivity index (χ0n) is 14.3. The van der Waals surface area contributed by atoms with Crippen LogP contribution >= 0.6 is 23.5 Å². The number of carbonyl (C=O) groups is 1. The van der Waals surface area contributed by atoms with Crippen molar-refractivity contribution in [3.8, 4) is 0 Å². The Morgan fingerprint density at radius 3 is 2.22 bits per heavy atom. The highest BCUT2D eigenvalue weighted by atomic mass is 32.2. The van der Waals surface area contributed by atoms with Crippen molar-refractivity contribution in [2.75, 3.05) is 11.2 Å². The van der Waals surface area contributed by atoms with Gasteiger partial charge in [-0.3, -0.25) is 9.69 Å². The van der Waals surface area contributed by atoms with E-state index in [0.29, 0.717) is 27.5 Å². The molecule has 0 aliphatic carbocycles. The number of carbonyl (C=O) groups excluding carboxylic acids is 1. The number of nitrogens with zero attached hydrogens (tertiary/aromatic N) is 3. The molecule has 9 heteroatoms. The molecule has 1 aliphatic heterocycles. The van der Waals surface area contributed by atoms with Crippen LogP contribution in [0, 0.1) is 17.5 Å². The van der Waals surface area contributed by atoms with Crippen molar-refractivity contribution in [2.45, 2.75) is 17.4 Å². The van der Waals surface area contributed by atoms with Gasteiger partial charge in [-0.05, 0) is 49.6 Å². The molecule has 0 radical (unpaired) electrons. The minimum absolute atomic E-state index is 0.0926. The number of thioether (sulfide) groups is 2. The first-order valence-electron chi connectivity index (χ1n) is 7.74. The molecule has 140 valence electrons. The minimum atomic E-state index is -1.18. The van der Waals surface area contributed by atoms with Gasteiger partial charge in [-0.15, -0.1) is 22.0 Å². The maximum absolute atomic E-state index is 14.4. The summed E-state index contributed by atoms with van der Waals surface area (Å²) in [4.78, 5) is 13.7. The molecule has 1 heterocycles. The van der Waals surface area contributed by atoms with Gasteiger partial charge in [0.05, 0.1) is 5.69 Å². The lowest BCUT2D eigenvalue weighted by Gasteiger charge is -2.36. The van der Waals surface area contributed by atoms with Gasteiger partial charge in [0, 0.05) is 11.0 Å². The molecular weight excluding hydrogens is 395 g/mol. The topological polar surface area (TPSA) is 45.0 Å². The van der Waals surface area contributed by atoms with Crippen LogP contribution in [0.1, 0.15) is 6.92 Å². The van der Waals surface area contributed by atoms with Gasteiger partial charge >= 0.3 is 0 Å². The molecule has 0 aromatic heterocycles. The van der Waals surface area contributed by atoms with Crippen molar-refractivity contribution < 1.29 is 18.0 Å². The van der Waals surface area contributed by atoms with Crippen molar-refractivity contribution >= 4 is 45.7 Å². The number of rotatable bonds is 4. The lowest BCUT2D eigenvalue weighted by atomic mass is 10.0. The molecular formula is C18H14F3N3OS2. The van der Waals surface area contributed by atoms with E-state index < -0.39 is 17.2 Å². The third-order valence-electron chi connectivity index (χ3n) is 4.04. The summed E-state index contributed by atoms with van der Waals surface area (Å²) in [7, 11) is 0. The standard InChI is InChI=1S/C18H14F3N3OS2/c1-18(24(10-25)15-8-5-12(20)9-14(15)21)16(26-2)22-23-17(18)27-13-6-3-11(19)4-7-13/h3-10H,1-2H3. The molecule has 4 nitrogen and oxygen atoms in total. The molecule has 1 unspecified atom stereocenters. The van der Waals surface area contributed by atoms with Crippen LogP contribution in [0.3, 0.4) is 0 Å². The zero-order valence-corrected chi connectivity index (χ0v) is 16.0. The third kappa shape index (κ3) is 3.61. The van der Waals surface area contributed by atoms with E-state index in [4.69, 9.17) is 0 Å². The summed E-state index contributed by atoms with van der Waals surface area (Å²) in [5.41, 5.74) is -1.27. The predicted octanol–water partition coefficient (Wildman–Crippen LogP) is 4.71. The van der Waals surface area contributed by atoms with E-state index in [-0.39, 0.29) is 11.5 Å². The summed E-state index contributed by atoms with van der Waals surface area (Å²) in [5, 5.41) is 9.16. The van der Waals surface area contributed by atoms with E-state index in [0.717, 1.165) is 11.0 Å². The normalized spacial score (nSPS) is 18.9. The fraction of sp³-hybridized carbons (Fsp3) is 0.167. The Hall–Kier alpha value is -2.26. The summed E-state index contributed by atoms with van der Waals surface area (Å²) >= 11 is 2.46. The molecule has 1 aliphatic rings. The Morgan fingerprint density at radius 1 is 1.00 bits per heavy atom. The SMILES string of the molecule is CSC1=NN=C(Sc2ccc(F)cc2)C1(C)N(C=O)c1ccc(F)cc1F. The van der Waals surface area contributed by atoms with Gasteiger partial charge in [0.15, 0.2) is 0 Å². The smallest absolute Gasteiger partial charge is 0.215 e. The lowest BCUT2D eigenvalue weighted by molar-refractivity contribution is -0.107. The maximum atomic E-state index is 14.4. The number of halogens is 3. The molecule has 0 bridgehead atoms. The van der Waals surface area contributed by atoms with Crippen LogP contribution in [0.15, 0.2) is 57.6 Å². The van der Waals surface area contributed by atoms with Crippen molar-refractivity contribution in [3.63, 3.8) is 0 Å². The van der Waals surface area contributed by atoms with Crippen LogP contribution in [-0.4, -0.2) is 28.3 Å². The quantitative estimate of drug-likeness (QED) is 0.688. The fourth-order valence-corrected chi connectivity index (χ4v) is 4.39. The van der Waals surface area contributed by atoms with Crippen LogP contribution in [0.5, 0.6) is 0 Å². The highest BCUT2D eigenvalue weighted by Gasteiger charge is 2.47. The molecule has 0 saturated heterocycles. The van der Waals surface area contributed by atoms with Crippen LogP contribution in [0.4, 0.5) is 18.9 Å². The molecule has 0 fully saturated rings. The minimum Gasteiger partial charge on any atom is -0.294 e. The molecule has 27 heavy (non-hydrogen) atoms. The van der Waals surface area contributed by atoms with Crippen LogP contribution < -0.4 is 4.90 Å². The zero-order chi connectivity index (χ0) is 19.6. The van der Waals surface area contributed by atoms with Gasteiger partial charge in [-0.2, -0.15) is 0 Å². The van der Waals surface area contributed by atoms with E-state index in [1.54, 1.807) is 25.3 Å². The Kier molecular flexibility index (Phi) is 5.61. The molecule has 0 saturated carbocycles. The molecule has 0 N–H and O–H groups in total. The first kappa shape index (κ1) is 19.5. The van der Waals surface area contributed by atoms with Crippen molar-refractivity contribution in [1.29, 1.82) is 0 Å². The monoisotopic (exact) mass is 409 g/mol. The Balaban J connectivity index is 2.03. The van der Waals surface area contributed by atoms with Gasteiger partial charge in [0.25, 0.3) is 0 Å². The Labute approximate surface area is 162 Å². The second-order valence-electron chi connectivity index (χ2n) is 5.71. The Bertz CT molecular complexity index is 934. The van der Waals surface area contributed by atoms with E-state index in [1.165, 1.54) is 41.7 Å². The highest BCUT2D eigenvalue weighted by molar-refractivity contribution is 8.16. The van der Waals surface area contributed by atoms with Crippen molar-refractivity contribution in [3.05, 3.63) is 59.9 Å². The molecule has 3 rings (SSSR count). The van der Waals surface area contributed by atoms with E-state index >= 15 is 0 Å². The lowest BCUT2D eigenvalue weighted by Crippen LogP contribution is -2.54. The molecule has 1 atom stereocenters. The van der Waals surface area contributed by atoms with Gasteiger partial charge in [0.2, 0.25) is 6.41 Å². The molecule has 2 aromatic carbocycles. The van der Waals surface area contributed by atoms with E-state index in [9.17, 15) is 18.0 Å². The maximum Gasteiger partial charge on any atom is 0.215 e. The number of hydrogen-bond donors (Lipinski definition) is 0. The molecule has 2 aromatic rings. The van der Waals surface area contributed by atoms with Crippen LogP contribution in [0.2, 0.25) is 0 Å². The fourth-order valence-electron chi connectivity index (χ4n) is 2.64. The Morgan fingerprint density at radius 2 is 1.63 bits per heavy atom. The second kappa shape index (κ2) is 7.77. The average Bonchev–Trinajstić information content (AvgIpc) is 2.95. The summed E-state index contributed by atoms with van der Waals surface area (Å²) in [6, 6.07) is 8.75. The molecule has 0 spiro atoms. The number of anilines is 1. The van der Waals surface area contributed by atoms with Crippen molar-refractivity contribution in [2.24, 2.45) is 10.2 Å². The summed E-state index contributed by atoms with van der Waals surface area (Å²) in [6.07, 6.45) is 2.23. The summed E-state index contributed by atoms with van der Waals surface area (Å²) in [6.45, 7) is 1.68. The first-order valence-corrected chi connectivity index (χ1v) is 9.78. The van der Waals surface area contributed by atoms with E-state index in [1.807, 2.05) is 0 Å². The van der Waals surface area contributed by atoms with Crippen LogP contribution in [0.25, 0.3) is 0 Å². The molecule has 1 amide bonds. The van der Waals surface area contributed by atoms with E-state index in [2.05, 4.69) is 10.2 Å². The van der Waals surface area contributed by atoms with Gasteiger partial charge in [-0.1, -0.05) is 11.8 Å². The number of benzene rings is 2. The van der Waals surface area contributed by atoms with Crippen LogP contribution in [-0.2, 0) is 4.79 Å². The van der Waals surface area contributed by atoms with Gasteiger partial charge in [0.1, 0.15) is 33.1 Å². The average molecular weight is 409 g/mol.